The smallest absolute Gasteiger partial charge is 0.249 e. The molecule has 154 valence electrons. The highest BCUT2D eigenvalue weighted by Crippen LogP contribution is 2.38. The molecule has 0 spiro atoms. The van der Waals surface area contributed by atoms with Crippen LogP contribution in [0.25, 0.3) is 22.4 Å². The first-order chi connectivity index (χ1) is 15.1. The van der Waals surface area contributed by atoms with Crippen LogP contribution in [0.1, 0.15) is 10.4 Å². The monoisotopic (exact) mass is 410 g/mol. The lowest BCUT2D eigenvalue weighted by Crippen LogP contribution is -2.13. The van der Waals surface area contributed by atoms with Gasteiger partial charge in [0.05, 0.1) is 5.69 Å². The van der Waals surface area contributed by atoms with Crippen molar-refractivity contribution in [3.63, 3.8) is 0 Å². The summed E-state index contributed by atoms with van der Waals surface area (Å²) in [6.45, 7) is 0. The van der Waals surface area contributed by atoms with Crippen LogP contribution in [0.2, 0.25) is 0 Å². The zero-order valence-corrected chi connectivity index (χ0v) is 17.0. The first-order valence-electron chi connectivity index (χ1n) is 9.72. The van der Waals surface area contributed by atoms with E-state index in [4.69, 9.17) is 11.5 Å². The predicted octanol–water partition coefficient (Wildman–Crippen LogP) is 4.28. The van der Waals surface area contributed by atoms with Gasteiger partial charge in [-0.2, -0.15) is 10.2 Å². The van der Waals surface area contributed by atoms with Crippen molar-refractivity contribution in [1.29, 1.82) is 0 Å². The van der Waals surface area contributed by atoms with Crippen molar-refractivity contribution in [2.45, 2.75) is 0 Å². The number of hydrogen-bond acceptors (Lipinski definition) is 6. The molecule has 1 heterocycles. The number of carbonyl (C=O) groups is 1. The Bertz CT molecular complexity index is 1220. The summed E-state index contributed by atoms with van der Waals surface area (Å²) in [5.74, 6) is -0.522. The SMILES string of the molecule is CNc1ccc(N)c(-c2c(Nc3ccc(-c4cccnn4)cc3)cccc2C(N)=O)c1. The van der Waals surface area contributed by atoms with E-state index in [1.54, 1.807) is 24.4 Å². The van der Waals surface area contributed by atoms with Gasteiger partial charge in [-0.25, -0.2) is 0 Å². The van der Waals surface area contributed by atoms with E-state index in [0.29, 0.717) is 16.8 Å². The number of amides is 1. The molecule has 7 nitrogen and oxygen atoms in total. The van der Waals surface area contributed by atoms with Crippen LogP contribution in [0.5, 0.6) is 0 Å². The molecule has 4 aromatic rings. The lowest BCUT2D eigenvalue weighted by Gasteiger charge is -2.18. The second kappa shape index (κ2) is 8.54. The normalized spacial score (nSPS) is 10.5. The maximum Gasteiger partial charge on any atom is 0.249 e. The maximum atomic E-state index is 12.2. The fourth-order valence-corrected chi connectivity index (χ4v) is 3.42. The molecule has 0 atom stereocenters. The van der Waals surface area contributed by atoms with E-state index in [1.807, 2.05) is 61.6 Å². The second-order valence-corrected chi connectivity index (χ2v) is 6.96. The molecule has 0 saturated carbocycles. The molecule has 6 N–H and O–H groups in total. The Labute approximate surface area is 180 Å². The van der Waals surface area contributed by atoms with Gasteiger partial charge in [0.25, 0.3) is 0 Å². The summed E-state index contributed by atoms with van der Waals surface area (Å²) in [5, 5.41) is 14.5. The van der Waals surface area contributed by atoms with Crippen LogP contribution in [0.15, 0.2) is 79.0 Å². The Hall–Kier alpha value is -4.39. The average Bonchev–Trinajstić information content (AvgIpc) is 2.80. The molecule has 7 heteroatoms. The van der Waals surface area contributed by atoms with Crippen molar-refractivity contribution in [2.24, 2.45) is 5.73 Å². The molecule has 4 rings (SSSR count). The van der Waals surface area contributed by atoms with E-state index in [1.165, 1.54) is 0 Å². The summed E-state index contributed by atoms with van der Waals surface area (Å²) in [7, 11) is 1.83. The lowest BCUT2D eigenvalue weighted by atomic mass is 9.95. The van der Waals surface area contributed by atoms with E-state index in [0.717, 1.165) is 33.9 Å². The van der Waals surface area contributed by atoms with Gasteiger partial charge >= 0.3 is 0 Å². The standard InChI is InChI=1S/C24H22N6O/c1-27-17-11-12-20(25)19(14-17)23-18(24(26)31)4-2-5-22(23)29-16-9-7-15(8-10-16)21-6-3-13-28-30-21/h2-14,27,29H,25H2,1H3,(H2,26,31). The predicted molar refractivity (Wildman–Crippen MR) is 125 cm³/mol. The zero-order chi connectivity index (χ0) is 21.8. The van der Waals surface area contributed by atoms with Gasteiger partial charge in [-0.1, -0.05) is 18.2 Å². The summed E-state index contributed by atoms with van der Waals surface area (Å²) in [6.07, 6.45) is 1.64. The molecule has 0 unspecified atom stereocenters. The van der Waals surface area contributed by atoms with Gasteiger partial charge in [0.15, 0.2) is 0 Å². The minimum atomic E-state index is -0.522. The number of carbonyl (C=O) groups excluding carboxylic acids is 1. The largest absolute Gasteiger partial charge is 0.398 e. The van der Waals surface area contributed by atoms with Crippen molar-refractivity contribution < 1.29 is 4.79 Å². The third kappa shape index (κ3) is 4.16. The lowest BCUT2D eigenvalue weighted by molar-refractivity contribution is 0.100. The molecule has 3 aromatic carbocycles. The van der Waals surface area contributed by atoms with Crippen molar-refractivity contribution in [2.75, 3.05) is 23.4 Å². The molecule has 1 aromatic heterocycles. The number of hydrogen-bond donors (Lipinski definition) is 4. The summed E-state index contributed by atoms with van der Waals surface area (Å²) >= 11 is 0. The van der Waals surface area contributed by atoms with Crippen molar-refractivity contribution in [3.05, 3.63) is 84.6 Å². The number of nitrogen functional groups attached to an aromatic ring is 1. The van der Waals surface area contributed by atoms with Gasteiger partial charge in [-0.05, 0) is 54.6 Å². The number of anilines is 4. The van der Waals surface area contributed by atoms with Crippen molar-refractivity contribution in [3.8, 4) is 22.4 Å². The number of nitrogens with zero attached hydrogens (tertiary/aromatic N) is 2. The van der Waals surface area contributed by atoms with Gasteiger partial charge in [0, 0.05) is 58.2 Å². The Morgan fingerprint density at radius 1 is 0.935 bits per heavy atom. The molecule has 0 aliphatic rings. The molecule has 0 saturated heterocycles. The van der Waals surface area contributed by atoms with Crippen LogP contribution in [0, 0.1) is 0 Å². The summed E-state index contributed by atoms with van der Waals surface area (Å²) in [5.41, 5.74) is 18.5. The number of nitrogens with one attached hydrogen (secondary N) is 2. The second-order valence-electron chi connectivity index (χ2n) is 6.96. The highest BCUT2D eigenvalue weighted by Gasteiger charge is 2.17. The molecule has 0 aliphatic heterocycles. The average molecular weight is 410 g/mol. The first-order valence-corrected chi connectivity index (χ1v) is 9.72. The van der Waals surface area contributed by atoms with Crippen LogP contribution >= 0.6 is 0 Å². The Balaban J connectivity index is 1.76. The molecule has 0 fully saturated rings. The van der Waals surface area contributed by atoms with Crippen LogP contribution in [-0.2, 0) is 0 Å². The number of nitrogens with two attached hydrogens (primary N) is 2. The van der Waals surface area contributed by atoms with Crippen molar-refractivity contribution in [1.82, 2.24) is 10.2 Å². The van der Waals surface area contributed by atoms with E-state index in [-0.39, 0.29) is 0 Å². The maximum absolute atomic E-state index is 12.2. The van der Waals surface area contributed by atoms with E-state index >= 15 is 0 Å². The first kappa shape index (κ1) is 19.9. The summed E-state index contributed by atoms with van der Waals surface area (Å²) in [6, 6.07) is 22.5. The molecule has 31 heavy (non-hydrogen) atoms. The highest BCUT2D eigenvalue weighted by molar-refractivity contribution is 6.05. The summed E-state index contributed by atoms with van der Waals surface area (Å²) in [4.78, 5) is 12.2. The zero-order valence-electron chi connectivity index (χ0n) is 17.0. The third-order valence-corrected chi connectivity index (χ3v) is 4.97. The van der Waals surface area contributed by atoms with Crippen LogP contribution in [0.3, 0.4) is 0 Å². The quantitative estimate of drug-likeness (QED) is 0.352. The Morgan fingerprint density at radius 2 is 1.71 bits per heavy atom. The molecule has 0 aliphatic carbocycles. The third-order valence-electron chi connectivity index (χ3n) is 4.97. The molecule has 0 radical (unpaired) electrons. The van der Waals surface area contributed by atoms with E-state index in [9.17, 15) is 4.79 Å². The minimum Gasteiger partial charge on any atom is -0.398 e. The van der Waals surface area contributed by atoms with Crippen LogP contribution < -0.4 is 22.1 Å². The van der Waals surface area contributed by atoms with E-state index < -0.39 is 5.91 Å². The topological polar surface area (TPSA) is 119 Å². The van der Waals surface area contributed by atoms with Gasteiger partial charge in [-0.3, -0.25) is 4.79 Å². The molecular weight excluding hydrogens is 388 g/mol. The highest BCUT2D eigenvalue weighted by atomic mass is 16.1. The fraction of sp³-hybridized carbons (Fsp3) is 0.0417. The molecule has 0 bridgehead atoms. The number of primary amides is 1. The Morgan fingerprint density at radius 3 is 2.39 bits per heavy atom. The van der Waals surface area contributed by atoms with Gasteiger partial charge in [0.2, 0.25) is 5.91 Å². The minimum absolute atomic E-state index is 0.390. The van der Waals surface area contributed by atoms with Crippen LogP contribution in [-0.4, -0.2) is 23.2 Å². The fourth-order valence-electron chi connectivity index (χ4n) is 3.42. The molecular formula is C24H22N6O. The number of benzene rings is 3. The molecule has 1 amide bonds. The Kier molecular flexibility index (Phi) is 5.49. The van der Waals surface area contributed by atoms with Gasteiger partial charge in [0.1, 0.15) is 0 Å². The van der Waals surface area contributed by atoms with Crippen molar-refractivity contribution >= 4 is 28.7 Å². The summed E-state index contributed by atoms with van der Waals surface area (Å²) < 4.78 is 0. The number of rotatable bonds is 6. The van der Waals surface area contributed by atoms with Gasteiger partial charge in [-0.15, -0.1) is 0 Å². The van der Waals surface area contributed by atoms with E-state index in [2.05, 4.69) is 20.8 Å². The number of aromatic nitrogens is 2. The van der Waals surface area contributed by atoms with Gasteiger partial charge < -0.3 is 22.1 Å². The van der Waals surface area contributed by atoms with Crippen LogP contribution in [0.4, 0.5) is 22.7 Å².